The lowest BCUT2D eigenvalue weighted by atomic mass is 10.0. The Morgan fingerprint density at radius 3 is 2.48 bits per heavy atom. The topological polar surface area (TPSA) is 46.3 Å². The predicted octanol–water partition coefficient (Wildman–Crippen LogP) is 4.76. The highest BCUT2D eigenvalue weighted by molar-refractivity contribution is 5.96. The van der Waals surface area contributed by atoms with E-state index in [1.807, 2.05) is 13.8 Å². The zero-order valence-electron chi connectivity index (χ0n) is 16.9. The molecule has 1 aromatic carbocycles. The normalized spacial score (nSPS) is 17.0. The average Bonchev–Trinajstić information content (AvgIpc) is 3.06. The molecule has 5 heteroatoms. The first-order chi connectivity index (χ1) is 12.9. The van der Waals surface area contributed by atoms with Gasteiger partial charge in [0.15, 0.2) is 11.6 Å². The van der Waals surface area contributed by atoms with Gasteiger partial charge in [0.2, 0.25) is 0 Å². The molecule has 0 spiro atoms. The smallest absolute Gasteiger partial charge is 0.178 e. The van der Waals surface area contributed by atoms with Gasteiger partial charge in [-0.2, -0.15) is 0 Å². The lowest BCUT2D eigenvalue weighted by Crippen LogP contribution is -2.37. The lowest BCUT2D eigenvalue weighted by Gasteiger charge is -2.38. The minimum Gasteiger partial charge on any atom is -0.359 e. The van der Waals surface area contributed by atoms with Crippen molar-refractivity contribution in [3.05, 3.63) is 65.9 Å². The monoisotopic (exact) mass is 363 g/mol. The molecule has 0 radical (unpaired) electrons. The van der Waals surface area contributed by atoms with E-state index in [9.17, 15) is 0 Å². The summed E-state index contributed by atoms with van der Waals surface area (Å²) in [6.07, 6.45) is 2.09. The van der Waals surface area contributed by atoms with Gasteiger partial charge in [0.25, 0.3) is 0 Å². The zero-order valence-corrected chi connectivity index (χ0v) is 16.9. The highest BCUT2D eigenvalue weighted by atomic mass is 15.4. The van der Waals surface area contributed by atoms with Gasteiger partial charge in [-0.3, -0.25) is 4.99 Å². The van der Waals surface area contributed by atoms with Gasteiger partial charge < -0.3 is 9.47 Å². The Hall–Kier alpha value is -2.69. The third-order valence-corrected chi connectivity index (χ3v) is 4.99. The number of benzene rings is 1. The van der Waals surface area contributed by atoms with Crippen molar-refractivity contribution in [2.75, 3.05) is 6.54 Å². The number of hydrogen-bond acceptors (Lipinski definition) is 4. The molecule has 1 unspecified atom stereocenters. The maximum absolute atomic E-state index is 4.55. The van der Waals surface area contributed by atoms with Crippen LogP contribution < -0.4 is 0 Å². The fourth-order valence-corrected chi connectivity index (χ4v) is 3.68. The summed E-state index contributed by atoms with van der Waals surface area (Å²) in [6.45, 7) is 18.2. The third kappa shape index (κ3) is 3.87. The number of hydrogen-bond donors (Lipinski definition) is 0. The van der Waals surface area contributed by atoms with Crippen LogP contribution >= 0.6 is 0 Å². The number of fused-ring (bicyclic) bond motifs is 1. The van der Waals surface area contributed by atoms with Gasteiger partial charge >= 0.3 is 0 Å². The van der Waals surface area contributed by atoms with Crippen LogP contribution in [0.1, 0.15) is 62.4 Å². The van der Waals surface area contributed by atoms with E-state index < -0.39 is 0 Å². The van der Waals surface area contributed by atoms with Gasteiger partial charge in [0, 0.05) is 24.5 Å². The third-order valence-electron chi connectivity index (χ3n) is 4.99. The van der Waals surface area contributed by atoms with Crippen LogP contribution in [0.3, 0.4) is 0 Å². The van der Waals surface area contributed by atoms with Gasteiger partial charge in [-0.15, -0.1) is 10.2 Å². The van der Waals surface area contributed by atoms with E-state index in [0.29, 0.717) is 0 Å². The summed E-state index contributed by atoms with van der Waals surface area (Å²) in [5, 5.41) is 8.99. The van der Waals surface area contributed by atoms with Crippen molar-refractivity contribution in [3.63, 3.8) is 0 Å². The van der Waals surface area contributed by atoms with Crippen LogP contribution in [-0.2, 0) is 6.54 Å². The quantitative estimate of drug-likeness (QED) is 0.695. The molecule has 0 saturated heterocycles. The van der Waals surface area contributed by atoms with Crippen molar-refractivity contribution < 1.29 is 0 Å². The summed E-state index contributed by atoms with van der Waals surface area (Å²) >= 11 is 0. The minimum absolute atomic E-state index is 0.177. The van der Waals surface area contributed by atoms with E-state index in [0.717, 1.165) is 60.2 Å². The molecule has 0 N–H and O–H groups in total. The van der Waals surface area contributed by atoms with E-state index in [1.165, 1.54) is 5.56 Å². The first-order valence-electron chi connectivity index (χ1n) is 9.59. The average molecular weight is 364 g/mol. The predicted molar refractivity (Wildman–Crippen MR) is 112 cm³/mol. The Kier molecular flexibility index (Phi) is 5.59. The standard InChI is InChI=1S/C22H29N5/c1-7-8-20-22-25-24-21(17(5)23-15(2)3)27(22)14-13-26(20)18(6)19-11-9-16(4)10-12-19/h9-12,20H,2,6-8,13-14H2,1,3-5H3/b23-17+. The van der Waals surface area contributed by atoms with Gasteiger partial charge in [-0.1, -0.05) is 56.3 Å². The second-order valence-corrected chi connectivity index (χ2v) is 7.28. The molecule has 1 aliphatic rings. The molecule has 5 nitrogen and oxygen atoms in total. The SMILES string of the molecule is C=C(C)/N=C(\C)c1nnc2n1CCN(C(=C)c1ccc(C)cc1)C2CCC. The largest absolute Gasteiger partial charge is 0.359 e. The molecular formula is C22H29N5. The van der Waals surface area contributed by atoms with Gasteiger partial charge in [0.05, 0.1) is 11.8 Å². The number of rotatable bonds is 6. The summed E-state index contributed by atoms with van der Waals surface area (Å²) in [5.41, 5.74) is 5.11. The Morgan fingerprint density at radius 1 is 1.15 bits per heavy atom. The summed E-state index contributed by atoms with van der Waals surface area (Å²) in [7, 11) is 0. The Bertz CT molecular complexity index is 873. The number of aliphatic imine (C=N–C) groups is 1. The first-order valence-corrected chi connectivity index (χ1v) is 9.59. The Morgan fingerprint density at radius 2 is 1.85 bits per heavy atom. The highest BCUT2D eigenvalue weighted by Crippen LogP contribution is 2.35. The van der Waals surface area contributed by atoms with Crippen LogP contribution in [0.4, 0.5) is 0 Å². The molecule has 1 aliphatic heterocycles. The van der Waals surface area contributed by atoms with Crippen LogP contribution in [0.2, 0.25) is 0 Å². The summed E-state index contributed by atoms with van der Waals surface area (Å²) in [6, 6.07) is 8.75. The van der Waals surface area contributed by atoms with Gasteiger partial charge in [-0.05, 0) is 32.8 Å². The van der Waals surface area contributed by atoms with E-state index >= 15 is 0 Å². The molecule has 2 heterocycles. The fraction of sp³-hybridized carbons (Fsp3) is 0.409. The summed E-state index contributed by atoms with van der Waals surface area (Å²) in [4.78, 5) is 6.86. The maximum atomic E-state index is 4.55. The lowest BCUT2D eigenvalue weighted by molar-refractivity contribution is 0.222. The number of aryl methyl sites for hydroxylation is 1. The van der Waals surface area contributed by atoms with E-state index in [1.54, 1.807) is 0 Å². The molecule has 142 valence electrons. The molecule has 0 saturated carbocycles. The van der Waals surface area contributed by atoms with E-state index in [2.05, 4.69) is 75.9 Å². The summed E-state index contributed by atoms with van der Waals surface area (Å²) < 4.78 is 2.21. The number of aromatic nitrogens is 3. The van der Waals surface area contributed by atoms with Crippen molar-refractivity contribution in [1.82, 2.24) is 19.7 Å². The second kappa shape index (κ2) is 7.91. The van der Waals surface area contributed by atoms with Gasteiger partial charge in [0.1, 0.15) is 0 Å². The minimum atomic E-state index is 0.177. The fourth-order valence-electron chi connectivity index (χ4n) is 3.68. The Balaban J connectivity index is 1.95. The van der Waals surface area contributed by atoms with Crippen molar-refractivity contribution >= 4 is 11.4 Å². The summed E-state index contributed by atoms with van der Waals surface area (Å²) in [5.74, 6) is 1.84. The maximum Gasteiger partial charge on any atom is 0.178 e. The van der Waals surface area contributed by atoms with Crippen LogP contribution in [0.5, 0.6) is 0 Å². The molecular weight excluding hydrogens is 334 g/mol. The van der Waals surface area contributed by atoms with E-state index in [-0.39, 0.29) is 6.04 Å². The molecule has 27 heavy (non-hydrogen) atoms. The molecule has 1 aromatic heterocycles. The molecule has 0 aliphatic carbocycles. The van der Waals surface area contributed by atoms with Crippen LogP contribution in [0, 0.1) is 6.92 Å². The van der Waals surface area contributed by atoms with Crippen LogP contribution in [-0.4, -0.2) is 31.9 Å². The molecule has 2 aromatic rings. The van der Waals surface area contributed by atoms with Gasteiger partial charge in [-0.25, -0.2) is 0 Å². The van der Waals surface area contributed by atoms with Crippen LogP contribution in [0.25, 0.3) is 5.70 Å². The zero-order chi connectivity index (χ0) is 19.6. The molecule has 1 atom stereocenters. The highest BCUT2D eigenvalue weighted by Gasteiger charge is 2.32. The molecule has 0 bridgehead atoms. The van der Waals surface area contributed by atoms with Crippen LogP contribution in [0.15, 0.2) is 48.1 Å². The second-order valence-electron chi connectivity index (χ2n) is 7.28. The molecule has 3 rings (SSSR count). The Labute approximate surface area is 162 Å². The van der Waals surface area contributed by atoms with Crippen molar-refractivity contribution in [2.24, 2.45) is 4.99 Å². The number of nitrogens with zero attached hydrogens (tertiary/aromatic N) is 5. The first kappa shape index (κ1) is 19.1. The van der Waals surface area contributed by atoms with E-state index in [4.69, 9.17) is 0 Å². The van der Waals surface area contributed by atoms with Crippen molar-refractivity contribution in [1.29, 1.82) is 0 Å². The molecule has 0 fully saturated rings. The molecule has 0 amide bonds. The van der Waals surface area contributed by atoms with Crippen molar-refractivity contribution in [3.8, 4) is 0 Å². The van der Waals surface area contributed by atoms with Crippen molar-refractivity contribution in [2.45, 2.75) is 53.1 Å². The number of allylic oxidation sites excluding steroid dienone is 1.